The van der Waals surface area contributed by atoms with Crippen LogP contribution in [0.15, 0.2) is 11.1 Å². The van der Waals surface area contributed by atoms with Crippen molar-refractivity contribution >= 4 is 22.4 Å². The van der Waals surface area contributed by atoms with E-state index in [1.54, 1.807) is 17.4 Å². The van der Waals surface area contributed by atoms with Crippen molar-refractivity contribution in [2.24, 2.45) is 4.99 Å². The van der Waals surface area contributed by atoms with Crippen molar-refractivity contribution in [1.29, 1.82) is 0 Å². The molecule has 0 fully saturated rings. The van der Waals surface area contributed by atoms with Gasteiger partial charge in [0.25, 0.3) is 0 Å². The molecule has 1 aromatic heterocycles. The van der Waals surface area contributed by atoms with Gasteiger partial charge in [0.15, 0.2) is 0 Å². The molecule has 1 rings (SSSR count). The van der Waals surface area contributed by atoms with Crippen LogP contribution in [0.25, 0.3) is 0 Å². The molecule has 2 nitrogen and oxygen atoms in total. The summed E-state index contributed by atoms with van der Waals surface area (Å²) in [5.74, 6) is 0.902. The Bertz CT molecular complexity index is 359. The number of isocyanates is 1. The van der Waals surface area contributed by atoms with Crippen LogP contribution < -0.4 is 0 Å². The van der Waals surface area contributed by atoms with Gasteiger partial charge in [0.2, 0.25) is 6.08 Å². The molecule has 0 bridgehead atoms. The molecule has 0 unspecified atom stereocenters. The van der Waals surface area contributed by atoms with Crippen LogP contribution >= 0.6 is 11.3 Å². The fourth-order valence-corrected chi connectivity index (χ4v) is 2.38. The summed E-state index contributed by atoms with van der Waals surface area (Å²) in [6.07, 6.45) is 1.62. The van der Waals surface area contributed by atoms with Gasteiger partial charge in [-0.3, -0.25) is 0 Å². The van der Waals surface area contributed by atoms with Gasteiger partial charge in [0.05, 0.1) is 0 Å². The van der Waals surface area contributed by atoms with Gasteiger partial charge in [-0.25, -0.2) is 4.79 Å². The first kappa shape index (κ1) is 11.2. The predicted molar refractivity (Wildman–Crippen MR) is 60.3 cm³/mol. The minimum Gasteiger partial charge on any atom is -0.211 e. The number of nitrogens with zero attached hydrogens (tertiary/aromatic N) is 1. The number of aliphatic imine (C=N–C) groups is 1. The molecule has 0 spiro atoms. The molecule has 0 radical (unpaired) electrons. The first-order valence-electron chi connectivity index (χ1n) is 4.77. The Hall–Kier alpha value is -0.920. The van der Waals surface area contributed by atoms with Crippen molar-refractivity contribution in [2.45, 2.75) is 39.5 Å². The third-order valence-corrected chi connectivity index (χ3v) is 3.44. The van der Waals surface area contributed by atoms with Crippen LogP contribution in [-0.2, 0) is 4.79 Å². The van der Waals surface area contributed by atoms with Crippen molar-refractivity contribution < 1.29 is 4.79 Å². The molecule has 0 saturated heterocycles. The van der Waals surface area contributed by atoms with Crippen LogP contribution in [0.4, 0.5) is 5.00 Å². The number of rotatable bonds is 3. The molecular weight excluding hydrogens is 194 g/mol. The maximum Gasteiger partial charge on any atom is 0.241 e. The van der Waals surface area contributed by atoms with Crippen molar-refractivity contribution in [3.63, 3.8) is 0 Å². The van der Waals surface area contributed by atoms with Crippen LogP contribution in [0.2, 0.25) is 0 Å². The Morgan fingerprint density at radius 1 is 1.29 bits per heavy atom. The third-order valence-electron chi connectivity index (χ3n) is 2.10. The number of carbonyl (C=O) groups excluding carboxylic acids is 1. The minimum atomic E-state index is 0.408. The Morgan fingerprint density at radius 2 is 1.93 bits per heavy atom. The lowest BCUT2D eigenvalue weighted by Gasteiger charge is -2.01. The second-order valence-electron chi connectivity index (χ2n) is 3.92. The molecule has 0 aromatic carbocycles. The number of thiophene rings is 1. The average Bonchev–Trinajstić information content (AvgIpc) is 2.49. The van der Waals surface area contributed by atoms with Crippen LogP contribution in [-0.4, -0.2) is 6.08 Å². The van der Waals surface area contributed by atoms with Gasteiger partial charge in [-0.1, -0.05) is 27.7 Å². The van der Waals surface area contributed by atoms with E-state index in [1.165, 1.54) is 4.88 Å². The van der Waals surface area contributed by atoms with E-state index in [2.05, 4.69) is 38.8 Å². The van der Waals surface area contributed by atoms with Crippen molar-refractivity contribution in [3.05, 3.63) is 16.5 Å². The summed E-state index contributed by atoms with van der Waals surface area (Å²) in [6.45, 7) is 8.50. The van der Waals surface area contributed by atoms with Crippen molar-refractivity contribution in [3.8, 4) is 0 Å². The van der Waals surface area contributed by atoms with Gasteiger partial charge < -0.3 is 0 Å². The molecule has 3 heteroatoms. The molecule has 0 aliphatic carbocycles. The smallest absolute Gasteiger partial charge is 0.211 e. The van der Waals surface area contributed by atoms with E-state index in [0.717, 1.165) is 10.6 Å². The lowest BCUT2D eigenvalue weighted by Crippen LogP contribution is -1.84. The minimum absolute atomic E-state index is 0.408. The Morgan fingerprint density at radius 3 is 2.36 bits per heavy atom. The van der Waals surface area contributed by atoms with Crippen molar-refractivity contribution in [1.82, 2.24) is 0 Å². The van der Waals surface area contributed by atoms with Crippen LogP contribution in [0.1, 0.15) is 50.0 Å². The van der Waals surface area contributed by atoms with Gasteiger partial charge in [-0.15, -0.1) is 11.3 Å². The first-order valence-corrected chi connectivity index (χ1v) is 5.59. The van der Waals surface area contributed by atoms with Gasteiger partial charge in [-0.05, 0) is 23.5 Å². The van der Waals surface area contributed by atoms with Gasteiger partial charge in [0, 0.05) is 4.88 Å². The van der Waals surface area contributed by atoms with E-state index in [9.17, 15) is 4.79 Å². The molecule has 0 N–H and O–H groups in total. The second kappa shape index (κ2) is 4.54. The Kier molecular flexibility index (Phi) is 3.62. The standard InChI is InChI=1S/C11H15NOS/c1-7(2)9-5-10(8(3)4)14-11(9)12-6-13/h5,7-8H,1-4H3. The molecule has 14 heavy (non-hydrogen) atoms. The van der Waals surface area contributed by atoms with Crippen LogP contribution in [0.3, 0.4) is 0 Å². The monoisotopic (exact) mass is 209 g/mol. The summed E-state index contributed by atoms with van der Waals surface area (Å²) < 4.78 is 0. The number of hydrogen-bond donors (Lipinski definition) is 0. The fraction of sp³-hybridized carbons (Fsp3) is 0.545. The predicted octanol–water partition coefficient (Wildman–Crippen LogP) is 3.96. The molecule has 0 aliphatic rings. The molecule has 0 amide bonds. The summed E-state index contributed by atoms with van der Waals surface area (Å²) in [7, 11) is 0. The Balaban J connectivity index is 3.18. The molecule has 76 valence electrons. The molecular formula is C11H15NOS. The van der Waals surface area contributed by atoms with E-state index < -0.39 is 0 Å². The highest BCUT2D eigenvalue weighted by Gasteiger charge is 2.13. The molecule has 0 atom stereocenters. The molecule has 0 saturated carbocycles. The third kappa shape index (κ3) is 2.31. The molecule has 1 aromatic rings. The summed E-state index contributed by atoms with van der Waals surface area (Å²) in [4.78, 5) is 15.3. The van der Waals surface area contributed by atoms with E-state index in [-0.39, 0.29) is 0 Å². The topological polar surface area (TPSA) is 29.4 Å². The van der Waals surface area contributed by atoms with Crippen molar-refractivity contribution in [2.75, 3.05) is 0 Å². The SMILES string of the molecule is CC(C)c1cc(C(C)C)c(N=C=O)s1. The second-order valence-corrected chi connectivity index (χ2v) is 4.98. The lowest BCUT2D eigenvalue weighted by molar-refractivity contribution is 0.565. The highest BCUT2D eigenvalue weighted by Crippen LogP contribution is 2.38. The quantitative estimate of drug-likeness (QED) is 0.547. The fourth-order valence-electron chi connectivity index (χ4n) is 1.24. The largest absolute Gasteiger partial charge is 0.241 e. The number of hydrogen-bond acceptors (Lipinski definition) is 3. The van der Waals surface area contributed by atoms with E-state index >= 15 is 0 Å². The summed E-state index contributed by atoms with van der Waals surface area (Å²) in [5, 5.41) is 0.818. The first-order chi connectivity index (χ1) is 6.56. The Labute approximate surface area is 88.7 Å². The zero-order valence-corrected chi connectivity index (χ0v) is 9.81. The maximum absolute atomic E-state index is 10.2. The lowest BCUT2D eigenvalue weighted by atomic mass is 10.0. The maximum atomic E-state index is 10.2. The van der Waals surface area contributed by atoms with E-state index in [0.29, 0.717) is 11.8 Å². The van der Waals surface area contributed by atoms with Gasteiger partial charge >= 0.3 is 0 Å². The van der Waals surface area contributed by atoms with E-state index in [1.807, 2.05) is 0 Å². The molecule has 1 heterocycles. The van der Waals surface area contributed by atoms with E-state index in [4.69, 9.17) is 0 Å². The van der Waals surface area contributed by atoms with Gasteiger partial charge in [0.1, 0.15) is 5.00 Å². The molecule has 0 aliphatic heterocycles. The average molecular weight is 209 g/mol. The summed E-state index contributed by atoms with van der Waals surface area (Å²) in [5.41, 5.74) is 1.15. The highest BCUT2D eigenvalue weighted by atomic mass is 32.1. The van der Waals surface area contributed by atoms with Gasteiger partial charge in [-0.2, -0.15) is 4.99 Å². The highest BCUT2D eigenvalue weighted by molar-refractivity contribution is 7.16. The normalized spacial score (nSPS) is 10.7. The zero-order valence-electron chi connectivity index (χ0n) is 9.00. The summed E-state index contributed by atoms with van der Waals surface area (Å²) >= 11 is 1.59. The zero-order chi connectivity index (χ0) is 10.7. The summed E-state index contributed by atoms with van der Waals surface area (Å²) in [6, 6.07) is 2.15. The van der Waals surface area contributed by atoms with Crippen LogP contribution in [0.5, 0.6) is 0 Å². The van der Waals surface area contributed by atoms with Crippen LogP contribution in [0, 0.1) is 0 Å².